The molecule has 0 aliphatic carbocycles. The fourth-order valence-electron chi connectivity index (χ4n) is 3.13. The van der Waals surface area contributed by atoms with E-state index in [4.69, 9.17) is 4.74 Å². The number of methoxy groups -OCH3 is 1. The number of phenolic OH excluding ortho intramolecular Hbond substituents is 1. The maximum Gasteiger partial charge on any atom is 0.255 e. The van der Waals surface area contributed by atoms with Crippen LogP contribution in [0.15, 0.2) is 48.5 Å². The van der Waals surface area contributed by atoms with Crippen LogP contribution in [0.4, 0.5) is 5.69 Å². The van der Waals surface area contributed by atoms with Crippen LogP contribution in [-0.2, 0) is 4.79 Å². The first kappa shape index (κ1) is 16.8. The molecule has 25 heavy (non-hydrogen) atoms. The Bertz CT molecular complexity index is 791. The molecular formula is C19H20N2O4. The van der Waals surface area contributed by atoms with Crippen LogP contribution in [0.5, 0.6) is 11.5 Å². The van der Waals surface area contributed by atoms with Crippen LogP contribution in [0, 0.1) is 0 Å². The van der Waals surface area contributed by atoms with Crippen LogP contribution in [0.25, 0.3) is 0 Å². The molecular weight excluding hydrogens is 320 g/mol. The summed E-state index contributed by atoms with van der Waals surface area (Å²) in [5.41, 5.74) is 0.888. The summed E-state index contributed by atoms with van der Waals surface area (Å²) in [6, 6.07) is 13.4. The van der Waals surface area contributed by atoms with Gasteiger partial charge in [-0.25, -0.2) is 0 Å². The highest BCUT2D eigenvalue weighted by Crippen LogP contribution is 2.30. The topological polar surface area (TPSA) is 78.9 Å². The summed E-state index contributed by atoms with van der Waals surface area (Å²) < 4.78 is 5.01. The quantitative estimate of drug-likeness (QED) is 0.895. The third kappa shape index (κ3) is 3.15. The molecule has 2 atom stereocenters. The van der Waals surface area contributed by atoms with Gasteiger partial charge in [0.15, 0.2) is 11.5 Å². The molecule has 1 fully saturated rings. The Morgan fingerprint density at radius 3 is 2.60 bits per heavy atom. The van der Waals surface area contributed by atoms with Crippen LogP contribution in [0.3, 0.4) is 0 Å². The molecule has 2 aromatic carbocycles. The van der Waals surface area contributed by atoms with Gasteiger partial charge in [-0.2, -0.15) is 0 Å². The van der Waals surface area contributed by atoms with E-state index in [1.807, 2.05) is 37.3 Å². The normalized spacial score (nSPS) is 19.8. The van der Waals surface area contributed by atoms with Crippen LogP contribution >= 0.6 is 0 Å². The summed E-state index contributed by atoms with van der Waals surface area (Å²) in [7, 11) is 1.41. The molecule has 0 radical (unpaired) electrons. The van der Waals surface area contributed by atoms with Gasteiger partial charge in [-0.1, -0.05) is 24.3 Å². The van der Waals surface area contributed by atoms with E-state index >= 15 is 0 Å². The van der Waals surface area contributed by atoms with E-state index in [2.05, 4.69) is 5.32 Å². The zero-order valence-electron chi connectivity index (χ0n) is 14.1. The molecule has 2 amide bonds. The number of aromatic hydroxyl groups is 1. The fraction of sp³-hybridized carbons (Fsp3) is 0.263. The van der Waals surface area contributed by atoms with Crippen molar-refractivity contribution in [3.8, 4) is 11.5 Å². The Hall–Kier alpha value is -3.02. The van der Waals surface area contributed by atoms with Crippen molar-refractivity contribution < 1.29 is 19.4 Å². The van der Waals surface area contributed by atoms with Crippen molar-refractivity contribution in [3.63, 3.8) is 0 Å². The maximum absolute atomic E-state index is 12.7. The standard InChI is InChI=1S/C19H20N2O4/c1-12-11-15(19(24)21(12)13-7-4-3-5-8-13)20-18(23)14-9-6-10-16(25-2)17(14)22/h3-10,12,15,22H,11H2,1-2H3,(H,20,23)/t12-,15+/m1/s1. The van der Waals surface area contributed by atoms with Crippen LogP contribution in [0.2, 0.25) is 0 Å². The molecule has 0 saturated carbocycles. The van der Waals surface area contributed by atoms with Crippen molar-refractivity contribution >= 4 is 17.5 Å². The van der Waals surface area contributed by atoms with E-state index in [9.17, 15) is 14.7 Å². The summed E-state index contributed by atoms with van der Waals surface area (Å²) >= 11 is 0. The van der Waals surface area contributed by atoms with Gasteiger partial charge in [0.1, 0.15) is 6.04 Å². The highest BCUT2D eigenvalue weighted by atomic mass is 16.5. The second kappa shape index (κ2) is 6.84. The third-order valence-corrected chi connectivity index (χ3v) is 4.36. The Labute approximate surface area is 146 Å². The highest BCUT2D eigenvalue weighted by Gasteiger charge is 2.39. The van der Waals surface area contributed by atoms with Gasteiger partial charge in [0.05, 0.1) is 12.7 Å². The first-order valence-electron chi connectivity index (χ1n) is 8.08. The number of hydrogen-bond donors (Lipinski definition) is 2. The number of para-hydroxylation sites is 2. The molecule has 0 spiro atoms. The number of amides is 2. The molecule has 2 aromatic rings. The Kier molecular flexibility index (Phi) is 4.61. The Morgan fingerprint density at radius 1 is 1.20 bits per heavy atom. The summed E-state index contributed by atoms with van der Waals surface area (Å²) in [5, 5.41) is 12.8. The van der Waals surface area contributed by atoms with Gasteiger partial charge in [0.2, 0.25) is 5.91 Å². The van der Waals surface area contributed by atoms with Gasteiger partial charge in [0, 0.05) is 11.7 Å². The van der Waals surface area contributed by atoms with Crippen LogP contribution in [0.1, 0.15) is 23.7 Å². The van der Waals surface area contributed by atoms with E-state index < -0.39 is 11.9 Å². The number of rotatable bonds is 4. The number of hydrogen-bond acceptors (Lipinski definition) is 4. The monoisotopic (exact) mass is 340 g/mol. The third-order valence-electron chi connectivity index (χ3n) is 4.36. The number of ether oxygens (including phenoxy) is 1. The molecule has 1 aliphatic rings. The molecule has 0 unspecified atom stereocenters. The minimum absolute atomic E-state index is 0.0286. The summed E-state index contributed by atoms with van der Waals surface area (Å²) in [6.45, 7) is 1.94. The average Bonchev–Trinajstić information content (AvgIpc) is 2.89. The molecule has 130 valence electrons. The first-order valence-corrected chi connectivity index (χ1v) is 8.08. The van der Waals surface area contributed by atoms with Crippen molar-refractivity contribution in [1.82, 2.24) is 5.32 Å². The highest BCUT2D eigenvalue weighted by molar-refractivity contribution is 6.05. The molecule has 1 aliphatic heterocycles. The van der Waals surface area contributed by atoms with Crippen molar-refractivity contribution in [1.29, 1.82) is 0 Å². The smallest absolute Gasteiger partial charge is 0.255 e. The number of nitrogens with one attached hydrogen (secondary N) is 1. The van der Waals surface area contributed by atoms with E-state index in [1.54, 1.807) is 17.0 Å². The summed E-state index contributed by atoms with van der Waals surface area (Å²) in [5.74, 6) is -0.683. The predicted octanol–water partition coefficient (Wildman–Crippen LogP) is 2.32. The van der Waals surface area contributed by atoms with E-state index in [0.29, 0.717) is 6.42 Å². The van der Waals surface area contributed by atoms with Gasteiger partial charge in [-0.05, 0) is 37.6 Å². The molecule has 1 heterocycles. The number of carbonyl (C=O) groups excluding carboxylic acids is 2. The predicted molar refractivity (Wildman–Crippen MR) is 93.9 cm³/mol. The molecule has 1 saturated heterocycles. The van der Waals surface area contributed by atoms with Gasteiger partial charge >= 0.3 is 0 Å². The van der Waals surface area contributed by atoms with Gasteiger partial charge < -0.3 is 20.1 Å². The SMILES string of the molecule is COc1cccc(C(=O)N[C@H]2C[C@@H](C)N(c3ccccc3)C2=O)c1O. The van der Waals surface area contributed by atoms with Gasteiger partial charge in [0.25, 0.3) is 5.91 Å². The van der Waals surface area contributed by atoms with Crippen LogP contribution in [-0.4, -0.2) is 36.1 Å². The second-order valence-corrected chi connectivity index (χ2v) is 6.01. The van der Waals surface area contributed by atoms with E-state index in [-0.39, 0.29) is 29.0 Å². The number of nitrogens with zero attached hydrogens (tertiary/aromatic N) is 1. The molecule has 6 nitrogen and oxygen atoms in total. The van der Waals surface area contributed by atoms with Crippen molar-refractivity contribution in [3.05, 3.63) is 54.1 Å². The van der Waals surface area contributed by atoms with Crippen molar-refractivity contribution in [2.45, 2.75) is 25.4 Å². The first-order chi connectivity index (χ1) is 12.0. The zero-order chi connectivity index (χ0) is 18.0. The lowest BCUT2D eigenvalue weighted by Crippen LogP contribution is -2.42. The summed E-state index contributed by atoms with van der Waals surface area (Å²) in [6.07, 6.45) is 0.504. The number of carbonyl (C=O) groups is 2. The number of anilines is 1. The second-order valence-electron chi connectivity index (χ2n) is 6.01. The average molecular weight is 340 g/mol. The Balaban J connectivity index is 1.78. The van der Waals surface area contributed by atoms with E-state index in [1.165, 1.54) is 13.2 Å². The maximum atomic E-state index is 12.7. The zero-order valence-corrected chi connectivity index (χ0v) is 14.1. The Morgan fingerprint density at radius 2 is 1.92 bits per heavy atom. The lowest BCUT2D eigenvalue weighted by atomic mass is 10.1. The number of phenols is 1. The molecule has 3 rings (SSSR count). The van der Waals surface area contributed by atoms with Crippen molar-refractivity contribution in [2.75, 3.05) is 12.0 Å². The minimum Gasteiger partial charge on any atom is -0.504 e. The van der Waals surface area contributed by atoms with Crippen LogP contribution < -0.4 is 15.0 Å². The minimum atomic E-state index is -0.631. The van der Waals surface area contributed by atoms with Crippen molar-refractivity contribution in [2.24, 2.45) is 0 Å². The van der Waals surface area contributed by atoms with Gasteiger partial charge in [-0.3, -0.25) is 9.59 Å². The largest absolute Gasteiger partial charge is 0.504 e. The number of benzene rings is 2. The lowest BCUT2D eigenvalue weighted by Gasteiger charge is -2.21. The lowest BCUT2D eigenvalue weighted by molar-refractivity contribution is -0.118. The fourth-order valence-corrected chi connectivity index (χ4v) is 3.13. The van der Waals surface area contributed by atoms with E-state index in [0.717, 1.165) is 5.69 Å². The summed E-state index contributed by atoms with van der Waals surface area (Å²) in [4.78, 5) is 26.9. The molecule has 0 bridgehead atoms. The van der Waals surface area contributed by atoms with Gasteiger partial charge in [-0.15, -0.1) is 0 Å². The molecule has 2 N–H and O–H groups in total. The molecule has 0 aromatic heterocycles. The molecule has 6 heteroatoms.